The number of hydrogen-bond acceptors (Lipinski definition) is 4. The van der Waals surface area contributed by atoms with Crippen molar-refractivity contribution in [3.8, 4) is 0 Å². The zero-order valence-corrected chi connectivity index (χ0v) is 12.7. The number of nitrogens with one attached hydrogen (secondary N) is 2. The first kappa shape index (κ1) is 14.1. The minimum Gasteiger partial charge on any atom is -0.324 e. The molecule has 19 heavy (non-hydrogen) atoms. The highest BCUT2D eigenvalue weighted by molar-refractivity contribution is 14.1. The maximum atomic E-state index is 11.8. The van der Waals surface area contributed by atoms with E-state index in [9.17, 15) is 9.59 Å². The second-order valence-electron chi connectivity index (χ2n) is 3.56. The van der Waals surface area contributed by atoms with Crippen molar-refractivity contribution in [1.29, 1.82) is 0 Å². The molecule has 0 atom stereocenters. The quantitative estimate of drug-likeness (QED) is 0.479. The number of aromatic amines is 1. The lowest BCUT2D eigenvalue weighted by atomic mass is 10.3. The smallest absolute Gasteiger partial charge is 0.251 e. The molecule has 1 heterocycles. The van der Waals surface area contributed by atoms with Crippen LogP contribution < -0.4 is 10.9 Å². The molecule has 0 saturated heterocycles. The highest BCUT2D eigenvalue weighted by Gasteiger charge is 2.06. The number of nitrogens with zero attached hydrogens (tertiary/aromatic N) is 1. The monoisotopic (exact) mass is 387 g/mol. The van der Waals surface area contributed by atoms with Crippen LogP contribution in [0.4, 0.5) is 5.69 Å². The second kappa shape index (κ2) is 6.71. The Kier molecular flexibility index (Phi) is 4.97. The highest BCUT2D eigenvalue weighted by atomic mass is 127. The fourth-order valence-electron chi connectivity index (χ4n) is 1.31. The van der Waals surface area contributed by atoms with Gasteiger partial charge in [-0.1, -0.05) is 23.9 Å². The van der Waals surface area contributed by atoms with Crippen molar-refractivity contribution in [2.75, 3.05) is 11.1 Å². The topological polar surface area (TPSA) is 74.8 Å². The first-order valence-electron chi connectivity index (χ1n) is 5.37. The predicted octanol–water partition coefficient (Wildman–Crippen LogP) is 2.11. The molecule has 1 aromatic carbocycles. The lowest BCUT2D eigenvalue weighted by Crippen LogP contribution is -2.15. The Morgan fingerprint density at radius 3 is 2.89 bits per heavy atom. The Bertz CT molecular complexity index is 645. The summed E-state index contributed by atoms with van der Waals surface area (Å²) in [6.45, 7) is 0. The van der Waals surface area contributed by atoms with Crippen molar-refractivity contribution in [2.24, 2.45) is 0 Å². The summed E-state index contributed by atoms with van der Waals surface area (Å²) in [4.78, 5) is 29.3. The number of carbonyl (C=O) groups is 1. The Balaban J connectivity index is 1.92. The number of aromatic nitrogens is 2. The lowest BCUT2D eigenvalue weighted by molar-refractivity contribution is -0.113. The maximum absolute atomic E-state index is 11.8. The molecule has 2 N–H and O–H groups in total. The van der Waals surface area contributed by atoms with E-state index in [4.69, 9.17) is 0 Å². The summed E-state index contributed by atoms with van der Waals surface area (Å²) < 4.78 is 0.977. The summed E-state index contributed by atoms with van der Waals surface area (Å²) in [6, 6.07) is 8.86. The number of amides is 1. The molecule has 0 spiro atoms. The number of anilines is 1. The van der Waals surface area contributed by atoms with E-state index in [0.29, 0.717) is 5.16 Å². The third-order valence-corrected chi connectivity index (χ3v) is 3.96. The van der Waals surface area contributed by atoms with Crippen molar-refractivity contribution in [3.05, 3.63) is 50.5 Å². The van der Waals surface area contributed by atoms with E-state index in [1.54, 1.807) is 0 Å². The van der Waals surface area contributed by atoms with Crippen LogP contribution in [0.3, 0.4) is 0 Å². The number of benzene rings is 1. The van der Waals surface area contributed by atoms with E-state index in [1.807, 2.05) is 24.3 Å². The van der Waals surface area contributed by atoms with Gasteiger partial charge in [0.1, 0.15) is 0 Å². The molecule has 1 aromatic heterocycles. The third kappa shape index (κ3) is 4.35. The van der Waals surface area contributed by atoms with Crippen molar-refractivity contribution < 1.29 is 4.79 Å². The van der Waals surface area contributed by atoms with Gasteiger partial charge in [0.25, 0.3) is 5.56 Å². The minimum atomic E-state index is -0.226. The Hall–Kier alpha value is -1.35. The molecule has 0 aliphatic carbocycles. The van der Waals surface area contributed by atoms with Gasteiger partial charge in [-0.2, -0.15) is 0 Å². The van der Waals surface area contributed by atoms with Crippen LogP contribution in [0.15, 0.2) is 46.5 Å². The van der Waals surface area contributed by atoms with Crippen molar-refractivity contribution in [2.45, 2.75) is 5.16 Å². The van der Waals surface area contributed by atoms with E-state index in [0.717, 1.165) is 9.26 Å². The first-order chi connectivity index (χ1) is 9.15. The summed E-state index contributed by atoms with van der Waals surface area (Å²) in [7, 11) is 0. The van der Waals surface area contributed by atoms with Gasteiger partial charge < -0.3 is 10.3 Å². The molecule has 0 saturated carbocycles. The van der Waals surface area contributed by atoms with Crippen LogP contribution in [0, 0.1) is 3.57 Å². The number of H-pyrrole nitrogens is 1. The van der Waals surface area contributed by atoms with Gasteiger partial charge in [0.2, 0.25) is 5.91 Å². The van der Waals surface area contributed by atoms with E-state index >= 15 is 0 Å². The van der Waals surface area contributed by atoms with Crippen LogP contribution in [0.2, 0.25) is 0 Å². The maximum Gasteiger partial charge on any atom is 0.251 e. The van der Waals surface area contributed by atoms with Gasteiger partial charge >= 0.3 is 0 Å². The summed E-state index contributed by atoms with van der Waals surface area (Å²) in [5.74, 6) is 0.0541. The first-order valence-corrected chi connectivity index (χ1v) is 7.44. The fraction of sp³-hybridized carbons (Fsp3) is 0.0833. The molecule has 0 aliphatic rings. The molecule has 1 amide bonds. The number of thioether (sulfide) groups is 1. The summed E-state index contributed by atoms with van der Waals surface area (Å²) in [6.07, 6.45) is 1.42. The lowest BCUT2D eigenvalue weighted by Gasteiger charge is -2.06. The number of halogens is 1. The van der Waals surface area contributed by atoms with Crippen LogP contribution in [0.25, 0.3) is 0 Å². The summed E-state index contributed by atoms with van der Waals surface area (Å²) in [5.41, 5.74) is 0.554. The van der Waals surface area contributed by atoms with Gasteiger partial charge in [-0.05, 0) is 34.7 Å². The van der Waals surface area contributed by atoms with Crippen LogP contribution in [-0.4, -0.2) is 21.6 Å². The Morgan fingerprint density at radius 1 is 1.37 bits per heavy atom. The van der Waals surface area contributed by atoms with Crippen LogP contribution >= 0.6 is 34.4 Å². The minimum absolute atomic E-state index is 0.138. The highest BCUT2D eigenvalue weighted by Crippen LogP contribution is 2.18. The molecule has 2 rings (SSSR count). The van der Waals surface area contributed by atoms with E-state index in [-0.39, 0.29) is 17.2 Å². The number of carbonyl (C=O) groups excluding carboxylic acids is 1. The zero-order valence-electron chi connectivity index (χ0n) is 9.72. The summed E-state index contributed by atoms with van der Waals surface area (Å²) in [5, 5.41) is 3.24. The molecule has 0 fully saturated rings. The molecular weight excluding hydrogens is 377 g/mol. The van der Waals surface area contributed by atoms with E-state index < -0.39 is 0 Å². The van der Waals surface area contributed by atoms with Gasteiger partial charge in [0.15, 0.2) is 5.16 Å². The molecular formula is C12H10IN3O2S. The average Bonchev–Trinajstić information content (AvgIpc) is 2.39. The van der Waals surface area contributed by atoms with Crippen LogP contribution in [-0.2, 0) is 4.79 Å². The average molecular weight is 387 g/mol. The van der Waals surface area contributed by atoms with E-state index in [1.165, 1.54) is 24.0 Å². The number of para-hydroxylation sites is 1. The fourth-order valence-corrected chi connectivity index (χ4v) is 2.48. The third-order valence-electron chi connectivity index (χ3n) is 2.14. The van der Waals surface area contributed by atoms with Crippen LogP contribution in [0.5, 0.6) is 0 Å². The molecule has 0 aliphatic heterocycles. The molecule has 5 nitrogen and oxygen atoms in total. The predicted molar refractivity (Wildman–Crippen MR) is 83.4 cm³/mol. The molecule has 0 unspecified atom stereocenters. The molecule has 98 valence electrons. The largest absolute Gasteiger partial charge is 0.324 e. The van der Waals surface area contributed by atoms with Crippen molar-refractivity contribution in [1.82, 2.24) is 9.97 Å². The SMILES string of the molecule is O=C(CSc1nccc(=O)[nH]1)Nc1ccccc1I. The number of rotatable bonds is 4. The van der Waals surface area contributed by atoms with Gasteiger partial charge in [-0.15, -0.1) is 0 Å². The van der Waals surface area contributed by atoms with Crippen molar-refractivity contribution in [3.63, 3.8) is 0 Å². The zero-order chi connectivity index (χ0) is 13.7. The van der Waals surface area contributed by atoms with Gasteiger partial charge in [-0.3, -0.25) is 9.59 Å². The van der Waals surface area contributed by atoms with E-state index in [2.05, 4.69) is 37.9 Å². The standard InChI is InChI=1S/C12H10IN3O2S/c13-8-3-1-2-4-9(8)15-11(18)7-19-12-14-6-5-10(17)16-12/h1-6H,7H2,(H,15,18)(H,14,16,17). The second-order valence-corrected chi connectivity index (χ2v) is 5.68. The van der Waals surface area contributed by atoms with Gasteiger partial charge in [-0.25, -0.2) is 4.98 Å². The molecule has 2 aromatic rings. The van der Waals surface area contributed by atoms with Gasteiger partial charge in [0.05, 0.1) is 11.4 Å². The normalized spacial score (nSPS) is 10.2. The molecule has 0 bridgehead atoms. The Labute approximate surface area is 127 Å². The number of hydrogen-bond donors (Lipinski definition) is 2. The molecule has 0 radical (unpaired) electrons. The van der Waals surface area contributed by atoms with Crippen LogP contribution in [0.1, 0.15) is 0 Å². The molecule has 7 heteroatoms. The van der Waals surface area contributed by atoms with Crippen molar-refractivity contribution >= 4 is 45.9 Å². The summed E-state index contributed by atoms with van der Waals surface area (Å²) >= 11 is 3.34. The Morgan fingerprint density at radius 2 is 2.16 bits per heavy atom. The van der Waals surface area contributed by atoms with Gasteiger partial charge in [0, 0.05) is 15.8 Å².